The summed E-state index contributed by atoms with van der Waals surface area (Å²) in [6, 6.07) is 9.29. The van der Waals surface area contributed by atoms with Crippen LogP contribution in [0.25, 0.3) is 0 Å². The SMILES string of the molecule is COC1(CNC(=O)NC(CCC(=O)O)Cc2ccccc2)CCCCC1. The molecule has 2 rings (SSSR count). The first-order valence-corrected chi connectivity index (χ1v) is 9.38. The van der Waals surface area contributed by atoms with Crippen LogP contribution in [0.15, 0.2) is 30.3 Å². The van der Waals surface area contributed by atoms with Crippen LogP contribution < -0.4 is 10.6 Å². The van der Waals surface area contributed by atoms with Gasteiger partial charge in [-0.3, -0.25) is 4.79 Å². The van der Waals surface area contributed by atoms with E-state index in [0.29, 0.717) is 19.4 Å². The molecule has 0 aromatic heterocycles. The van der Waals surface area contributed by atoms with E-state index >= 15 is 0 Å². The fraction of sp³-hybridized carbons (Fsp3) is 0.600. The van der Waals surface area contributed by atoms with Gasteiger partial charge in [-0.05, 0) is 31.2 Å². The highest BCUT2D eigenvalue weighted by molar-refractivity contribution is 5.74. The van der Waals surface area contributed by atoms with Gasteiger partial charge in [-0.15, -0.1) is 0 Å². The summed E-state index contributed by atoms with van der Waals surface area (Å²) in [6.07, 6.45) is 6.39. The molecule has 0 aliphatic heterocycles. The Morgan fingerprint density at radius 1 is 1.19 bits per heavy atom. The number of carboxylic acids is 1. The third-order valence-corrected chi connectivity index (χ3v) is 5.14. The van der Waals surface area contributed by atoms with Gasteiger partial charge in [0.15, 0.2) is 0 Å². The van der Waals surface area contributed by atoms with Crippen molar-refractivity contribution in [3.63, 3.8) is 0 Å². The molecule has 1 aromatic rings. The monoisotopic (exact) mass is 362 g/mol. The Hall–Kier alpha value is -2.08. The lowest BCUT2D eigenvalue weighted by molar-refractivity contribution is -0.137. The minimum absolute atomic E-state index is 0.0276. The van der Waals surface area contributed by atoms with Gasteiger partial charge in [0.25, 0.3) is 0 Å². The lowest BCUT2D eigenvalue weighted by Gasteiger charge is -2.36. The first-order valence-electron chi connectivity index (χ1n) is 9.38. The zero-order valence-electron chi connectivity index (χ0n) is 15.5. The van der Waals surface area contributed by atoms with Crippen molar-refractivity contribution in [2.24, 2.45) is 0 Å². The maximum atomic E-state index is 12.4. The van der Waals surface area contributed by atoms with Crippen LogP contribution in [0.3, 0.4) is 0 Å². The average molecular weight is 362 g/mol. The molecule has 3 N–H and O–H groups in total. The lowest BCUT2D eigenvalue weighted by atomic mass is 9.84. The van der Waals surface area contributed by atoms with Crippen molar-refractivity contribution in [3.05, 3.63) is 35.9 Å². The van der Waals surface area contributed by atoms with Crippen LogP contribution in [0.4, 0.5) is 4.79 Å². The Morgan fingerprint density at radius 3 is 2.50 bits per heavy atom. The van der Waals surface area contributed by atoms with Crippen molar-refractivity contribution < 1.29 is 19.4 Å². The van der Waals surface area contributed by atoms with E-state index in [2.05, 4.69) is 10.6 Å². The molecule has 6 nitrogen and oxygen atoms in total. The number of hydrogen-bond acceptors (Lipinski definition) is 3. The van der Waals surface area contributed by atoms with Crippen molar-refractivity contribution in [1.82, 2.24) is 10.6 Å². The number of carbonyl (C=O) groups excluding carboxylic acids is 1. The number of ether oxygens (including phenoxy) is 1. The fourth-order valence-corrected chi connectivity index (χ4v) is 3.55. The second-order valence-electron chi connectivity index (χ2n) is 7.09. The molecule has 0 heterocycles. The summed E-state index contributed by atoms with van der Waals surface area (Å²) in [5.74, 6) is -0.856. The zero-order valence-corrected chi connectivity index (χ0v) is 15.5. The minimum Gasteiger partial charge on any atom is -0.481 e. The molecule has 1 aliphatic rings. The van der Waals surface area contributed by atoms with Crippen LogP contribution in [0, 0.1) is 0 Å². The topological polar surface area (TPSA) is 87.7 Å². The molecule has 2 amide bonds. The van der Waals surface area contributed by atoms with Gasteiger partial charge in [0.05, 0.1) is 5.60 Å². The van der Waals surface area contributed by atoms with Crippen LogP contribution in [0.2, 0.25) is 0 Å². The van der Waals surface area contributed by atoms with E-state index in [-0.39, 0.29) is 24.1 Å². The summed E-state index contributed by atoms with van der Waals surface area (Å²) in [7, 11) is 1.70. The smallest absolute Gasteiger partial charge is 0.315 e. The maximum Gasteiger partial charge on any atom is 0.315 e. The molecule has 1 unspecified atom stereocenters. The van der Waals surface area contributed by atoms with E-state index in [0.717, 1.165) is 31.2 Å². The van der Waals surface area contributed by atoms with Crippen LogP contribution in [-0.4, -0.2) is 42.4 Å². The van der Waals surface area contributed by atoms with Gasteiger partial charge in [0.1, 0.15) is 0 Å². The number of methoxy groups -OCH3 is 1. The van der Waals surface area contributed by atoms with Crippen molar-refractivity contribution >= 4 is 12.0 Å². The molecule has 0 radical (unpaired) electrons. The van der Waals surface area contributed by atoms with Crippen LogP contribution in [-0.2, 0) is 16.0 Å². The first-order chi connectivity index (χ1) is 12.5. The second kappa shape index (κ2) is 10.2. The number of amides is 2. The third-order valence-electron chi connectivity index (χ3n) is 5.14. The number of carbonyl (C=O) groups is 2. The highest BCUT2D eigenvalue weighted by Gasteiger charge is 2.32. The summed E-state index contributed by atoms with van der Waals surface area (Å²) in [5.41, 5.74) is 0.801. The summed E-state index contributed by atoms with van der Waals surface area (Å²) in [6.45, 7) is 0.478. The quantitative estimate of drug-likeness (QED) is 0.630. The average Bonchev–Trinajstić information content (AvgIpc) is 2.66. The normalized spacial score (nSPS) is 17.3. The maximum absolute atomic E-state index is 12.4. The molecule has 1 saturated carbocycles. The van der Waals surface area contributed by atoms with Crippen molar-refractivity contribution in [2.75, 3.05) is 13.7 Å². The molecule has 26 heavy (non-hydrogen) atoms. The van der Waals surface area contributed by atoms with E-state index in [1.807, 2.05) is 30.3 Å². The summed E-state index contributed by atoms with van der Waals surface area (Å²) in [4.78, 5) is 23.3. The summed E-state index contributed by atoms with van der Waals surface area (Å²) >= 11 is 0. The number of rotatable bonds is 9. The molecule has 1 atom stereocenters. The summed E-state index contributed by atoms with van der Waals surface area (Å²) in [5, 5.41) is 14.8. The van der Waals surface area contributed by atoms with E-state index in [1.54, 1.807) is 7.11 Å². The van der Waals surface area contributed by atoms with Crippen LogP contribution >= 0.6 is 0 Å². The van der Waals surface area contributed by atoms with Gasteiger partial charge in [0, 0.05) is 26.1 Å². The fourth-order valence-electron chi connectivity index (χ4n) is 3.55. The highest BCUT2D eigenvalue weighted by Crippen LogP contribution is 2.30. The Bertz CT molecular complexity index is 570. The molecule has 0 bridgehead atoms. The van der Waals surface area contributed by atoms with Gasteiger partial charge in [-0.1, -0.05) is 49.6 Å². The van der Waals surface area contributed by atoms with E-state index in [1.165, 1.54) is 6.42 Å². The Kier molecular flexibility index (Phi) is 7.91. The molecule has 6 heteroatoms. The molecule has 0 saturated heterocycles. The van der Waals surface area contributed by atoms with Crippen LogP contribution in [0.5, 0.6) is 0 Å². The number of benzene rings is 1. The number of hydrogen-bond donors (Lipinski definition) is 3. The van der Waals surface area contributed by atoms with Gasteiger partial charge >= 0.3 is 12.0 Å². The molecule has 1 aromatic carbocycles. The lowest BCUT2D eigenvalue weighted by Crippen LogP contribution is -2.50. The predicted molar refractivity (Wildman–Crippen MR) is 100 cm³/mol. The van der Waals surface area contributed by atoms with E-state index < -0.39 is 5.97 Å². The van der Waals surface area contributed by atoms with Gasteiger partial charge in [-0.2, -0.15) is 0 Å². The minimum atomic E-state index is -0.856. The van der Waals surface area contributed by atoms with Gasteiger partial charge in [-0.25, -0.2) is 4.79 Å². The molecule has 1 aliphatic carbocycles. The van der Waals surface area contributed by atoms with Gasteiger partial charge in [0.2, 0.25) is 0 Å². The molecular formula is C20H30N2O4. The number of urea groups is 1. The van der Waals surface area contributed by atoms with Crippen LogP contribution in [0.1, 0.15) is 50.5 Å². The van der Waals surface area contributed by atoms with E-state index in [4.69, 9.17) is 9.84 Å². The van der Waals surface area contributed by atoms with Crippen molar-refractivity contribution in [1.29, 1.82) is 0 Å². The second-order valence-corrected chi connectivity index (χ2v) is 7.09. The van der Waals surface area contributed by atoms with Gasteiger partial charge < -0.3 is 20.5 Å². The first kappa shape index (κ1) is 20.2. The van der Waals surface area contributed by atoms with Crippen molar-refractivity contribution in [3.8, 4) is 0 Å². The zero-order chi connectivity index (χ0) is 18.8. The Balaban J connectivity index is 1.88. The largest absolute Gasteiger partial charge is 0.481 e. The molecule has 0 spiro atoms. The number of aliphatic carboxylic acids is 1. The highest BCUT2D eigenvalue weighted by atomic mass is 16.5. The molecule has 1 fully saturated rings. The van der Waals surface area contributed by atoms with E-state index in [9.17, 15) is 9.59 Å². The summed E-state index contributed by atoms with van der Waals surface area (Å²) < 4.78 is 5.69. The number of carboxylic acid groups (broad SMARTS) is 1. The third kappa shape index (κ3) is 6.67. The number of nitrogens with one attached hydrogen (secondary N) is 2. The Morgan fingerprint density at radius 2 is 1.88 bits per heavy atom. The standard InChI is InChI=1S/C20H30N2O4/c1-26-20(12-6-3-7-13-20)15-21-19(25)22-17(10-11-18(23)24)14-16-8-4-2-5-9-16/h2,4-5,8-9,17H,3,6-7,10-15H2,1H3,(H,23,24)(H2,21,22,25). The molecular weight excluding hydrogens is 332 g/mol. The Labute approximate surface area is 155 Å². The predicted octanol–water partition coefficient (Wildman–Crippen LogP) is 3.11. The molecule has 144 valence electrons. The van der Waals surface area contributed by atoms with Crippen molar-refractivity contribution in [2.45, 2.75) is 63.0 Å².